The molecule has 0 aliphatic carbocycles. The van der Waals surface area contributed by atoms with Crippen molar-refractivity contribution in [1.82, 2.24) is 14.8 Å². The van der Waals surface area contributed by atoms with Crippen molar-refractivity contribution in [3.05, 3.63) is 34.6 Å². The number of nitro groups is 1. The Hall–Kier alpha value is -2.44. The lowest BCUT2D eigenvalue weighted by molar-refractivity contribution is -0.385. The first-order chi connectivity index (χ1) is 8.67. The molecule has 0 amide bonds. The van der Waals surface area contributed by atoms with Gasteiger partial charge in [-0.3, -0.25) is 10.1 Å². The van der Waals surface area contributed by atoms with Crippen LogP contribution in [0.3, 0.4) is 0 Å². The molecule has 0 N–H and O–H groups in total. The molecule has 0 saturated carbocycles. The van der Waals surface area contributed by atoms with Crippen LogP contribution in [0.4, 0.5) is 5.69 Å². The number of aryl methyl sites for hydroxylation is 1. The highest BCUT2D eigenvalue weighted by molar-refractivity contribution is 5.63. The molecule has 18 heavy (non-hydrogen) atoms. The van der Waals surface area contributed by atoms with Crippen LogP contribution in [0, 0.1) is 10.1 Å². The molecule has 1 heterocycles. The van der Waals surface area contributed by atoms with E-state index in [4.69, 9.17) is 4.74 Å². The Morgan fingerprint density at radius 3 is 2.89 bits per heavy atom. The van der Waals surface area contributed by atoms with E-state index in [1.165, 1.54) is 13.2 Å². The second-order valence-electron chi connectivity index (χ2n) is 3.58. The highest BCUT2D eigenvalue weighted by Gasteiger charge is 2.17. The molecule has 0 bridgehead atoms. The van der Waals surface area contributed by atoms with Gasteiger partial charge in [0.1, 0.15) is 6.33 Å². The minimum Gasteiger partial charge on any atom is -0.490 e. The van der Waals surface area contributed by atoms with Crippen molar-refractivity contribution < 1.29 is 9.66 Å². The summed E-state index contributed by atoms with van der Waals surface area (Å²) in [7, 11) is 1.40. The Kier molecular flexibility index (Phi) is 3.22. The van der Waals surface area contributed by atoms with Crippen molar-refractivity contribution in [2.24, 2.45) is 0 Å². The van der Waals surface area contributed by atoms with Gasteiger partial charge in [-0.15, -0.1) is 10.2 Å². The van der Waals surface area contributed by atoms with Crippen LogP contribution in [0.5, 0.6) is 5.75 Å². The second kappa shape index (κ2) is 4.82. The number of benzene rings is 1. The lowest BCUT2D eigenvalue weighted by Gasteiger charge is -2.06. The molecule has 0 saturated heterocycles. The average molecular weight is 248 g/mol. The Morgan fingerprint density at radius 1 is 1.50 bits per heavy atom. The van der Waals surface area contributed by atoms with E-state index in [2.05, 4.69) is 10.2 Å². The van der Waals surface area contributed by atoms with E-state index >= 15 is 0 Å². The second-order valence-corrected chi connectivity index (χ2v) is 3.58. The van der Waals surface area contributed by atoms with Gasteiger partial charge in [-0.2, -0.15) is 0 Å². The van der Waals surface area contributed by atoms with Crippen molar-refractivity contribution in [1.29, 1.82) is 0 Å². The number of rotatable bonds is 4. The summed E-state index contributed by atoms with van der Waals surface area (Å²) in [5.74, 6) is 0.869. The number of methoxy groups -OCH3 is 1. The summed E-state index contributed by atoms with van der Waals surface area (Å²) in [5.41, 5.74) is 0.667. The van der Waals surface area contributed by atoms with Crippen molar-refractivity contribution in [2.45, 2.75) is 13.5 Å². The molecule has 0 fully saturated rings. The van der Waals surface area contributed by atoms with Gasteiger partial charge in [0.05, 0.1) is 12.0 Å². The Balaban J connectivity index is 2.51. The molecule has 1 aromatic carbocycles. The van der Waals surface area contributed by atoms with Gasteiger partial charge >= 0.3 is 5.69 Å². The van der Waals surface area contributed by atoms with E-state index in [1.807, 2.05) is 11.5 Å². The fourth-order valence-corrected chi connectivity index (χ4v) is 1.68. The van der Waals surface area contributed by atoms with Crippen LogP contribution < -0.4 is 4.74 Å². The molecule has 7 heteroatoms. The van der Waals surface area contributed by atoms with Gasteiger partial charge < -0.3 is 9.30 Å². The first kappa shape index (κ1) is 12.0. The maximum absolute atomic E-state index is 10.8. The number of hydrogen-bond donors (Lipinski definition) is 0. The number of nitrogens with zero attached hydrogens (tertiary/aromatic N) is 4. The van der Waals surface area contributed by atoms with E-state index in [1.54, 1.807) is 18.5 Å². The van der Waals surface area contributed by atoms with Crippen LogP contribution >= 0.6 is 0 Å². The molecule has 0 radical (unpaired) electrons. The predicted molar refractivity (Wildman–Crippen MR) is 64.3 cm³/mol. The maximum atomic E-state index is 10.8. The largest absolute Gasteiger partial charge is 0.490 e. The summed E-state index contributed by atoms with van der Waals surface area (Å²) in [6, 6.07) is 4.63. The average Bonchev–Trinajstić information content (AvgIpc) is 2.86. The standard InChI is InChI=1S/C11H12N4O3/c1-3-14-7-12-13-11(14)8-4-5-9(15(16)17)10(6-8)18-2/h4-7H,3H2,1-2H3. The van der Waals surface area contributed by atoms with Crippen molar-refractivity contribution in [2.75, 3.05) is 7.11 Å². The van der Waals surface area contributed by atoms with Gasteiger partial charge in [0.25, 0.3) is 0 Å². The summed E-state index contributed by atoms with van der Waals surface area (Å²) < 4.78 is 6.87. The van der Waals surface area contributed by atoms with Gasteiger partial charge in [-0.1, -0.05) is 0 Å². The monoisotopic (exact) mass is 248 g/mol. The minimum atomic E-state index is -0.479. The van der Waals surface area contributed by atoms with Gasteiger partial charge in [0.15, 0.2) is 11.6 Å². The van der Waals surface area contributed by atoms with Crippen molar-refractivity contribution >= 4 is 5.69 Å². The molecule has 0 spiro atoms. The van der Waals surface area contributed by atoms with Crippen LogP contribution in [-0.2, 0) is 6.54 Å². The number of nitro benzene ring substituents is 1. The van der Waals surface area contributed by atoms with E-state index in [-0.39, 0.29) is 11.4 Å². The van der Waals surface area contributed by atoms with E-state index in [9.17, 15) is 10.1 Å². The normalized spacial score (nSPS) is 10.3. The zero-order valence-electron chi connectivity index (χ0n) is 10.0. The molecular weight excluding hydrogens is 236 g/mol. The lowest BCUT2D eigenvalue weighted by atomic mass is 10.1. The molecule has 0 aliphatic heterocycles. The molecule has 2 rings (SSSR count). The Labute approximate surface area is 103 Å². The summed E-state index contributed by atoms with van der Waals surface area (Å²) in [6.45, 7) is 2.69. The number of aromatic nitrogens is 3. The van der Waals surface area contributed by atoms with Gasteiger partial charge in [0.2, 0.25) is 0 Å². The zero-order valence-corrected chi connectivity index (χ0v) is 10.0. The van der Waals surface area contributed by atoms with Crippen molar-refractivity contribution in [3.8, 4) is 17.1 Å². The highest BCUT2D eigenvalue weighted by Crippen LogP contribution is 2.31. The third-order valence-electron chi connectivity index (χ3n) is 2.59. The van der Waals surface area contributed by atoms with Gasteiger partial charge in [-0.25, -0.2) is 0 Å². The molecule has 94 valence electrons. The molecule has 0 unspecified atom stereocenters. The number of hydrogen-bond acceptors (Lipinski definition) is 5. The topological polar surface area (TPSA) is 83.1 Å². The molecular formula is C11H12N4O3. The fourth-order valence-electron chi connectivity index (χ4n) is 1.68. The van der Waals surface area contributed by atoms with Gasteiger partial charge in [-0.05, 0) is 19.1 Å². The quantitative estimate of drug-likeness (QED) is 0.609. The summed E-state index contributed by atoms with van der Waals surface area (Å²) in [5, 5.41) is 18.6. The minimum absolute atomic E-state index is 0.0659. The van der Waals surface area contributed by atoms with E-state index in [0.29, 0.717) is 5.82 Å². The third kappa shape index (κ3) is 2.02. The van der Waals surface area contributed by atoms with Crippen LogP contribution in [0.2, 0.25) is 0 Å². The summed E-state index contributed by atoms with van der Waals surface area (Å²) >= 11 is 0. The first-order valence-electron chi connectivity index (χ1n) is 5.38. The van der Waals surface area contributed by atoms with Crippen LogP contribution in [0.1, 0.15) is 6.92 Å². The Morgan fingerprint density at radius 2 is 2.28 bits per heavy atom. The van der Waals surface area contributed by atoms with Crippen LogP contribution in [-0.4, -0.2) is 26.8 Å². The smallest absolute Gasteiger partial charge is 0.310 e. The summed E-state index contributed by atoms with van der Waals surface area (Å²) in [4.78, 5) is 10.3. The van der Waals surface area contributed by atoms with Gasteiger partial charge in [0, 0.05) is 18.2 Å². The van der Waals surface area contributed by atoms with Crippen LogP contribution in [0.15, 0.2) is 24.5 Å². The SMILES string of the molecule is CCn1cnnc1-c1ccc([N+](=O)[O-])c(OC)c1. The summed E-state index contributed by atoms with van der Waals surface area (Å²) in [6.07, 6.45) is 1.61. The predicted octanol–water partition coefficient (Wildman–Crippen LogP) is 1.88. The highest BCUT2D eigenvalue weighted by atomic mass is 16.6. The van der Waals surface area contributed by atoms with Crippen molar-refractivity contribution in [3.63, 3.8) is 0 Å². The molecule has 1 aromatic heterocycles. The number of ether oxygens (including phenoxy) is 1. The lowest BCUT2D eigenvalue weighted by Crippen LogP contribution is -1.98. The third-order valence-corrected chi connectivity index (χ3v) is 2.59. The van der Waals surface area contributed by atoms with E-state index < -0.39 is 4.92 Å². The molecule has 0 aliphatic rings. The fraction of sp³-hybridized carbons (Fsp3) is 0.273. The van der Waals surface area contributed by atoms with E-state index in [0.717, 1.165) is 12.1 Å². The van der Waals surface area contributed by atoms with Crippen LogP contribution in [0.25, 0.3) is 11.4 Å². The molecule has 0 atom stereocenters. The molecule has 7 nitrogen and oxygen atoms in total. The zero-order chi connectivity index (χ0) is 13.1. The molecule has 2 aromatic rings. The maximum Gasteiger partial charge on any atom is 0.310 e. The first-order valence-corrected chi connectivity index (χ1v) is 5.38. The Bertz CT molecular complexity index is 579.